The minimum absolute atomic E-state index is 0. The van der Waals surface area contributed by atoms with Crippen LogP contribution in [0.2, 0.25) is 0 Å². The Morgan fingerprint density at radius 3 is 2.55 bits per heavy atom. The smallest absolute Gasteiger partial charge is 0.603 e. The fraction of sp³-hybridized carbons (Fsp3) is 0. The molecule has 11 heavy (non-hydrogen) atoms. The second kappa shape index (κ2) is 6.53. The molecular formula is C7H5ClHgO2. The molecule has 0 aromatic rings. The first-order chi connectivity index (χ1) is 4.30. The first-order valence-electron chi connectivity index (χ1n) is 2.48. The molecule has 0 spiro atoms. The molecular weight excluding hydrogens is 352 g/mol. The molecule has 0 saturated heterocycles. The minimum atomic E-state index is -1.15. The predicted molar refractivity (Wildman–Crippen MR) is 37.3 cm³/mol. The number of aliphatic carboxylic acids is 1. The Hall–Kier alpha value is -0.175. The predicted octanol–water partition coefficient (Wildman–Crippen LogP) is 0.0112. The van der Waals surface area contributed by atoms with Gasteiger partial charge in [-0.3, -0.25) is 0 Å². The van der Waals surface area contributed by atoms with E-state index in [0.29, 0.717) is 0 Å². The average Bonchev–Trinajstić information content (AvgIpc) is 1.90. The van der Waals surface area contributed by atoms with Crippen LogP contribution in [0, 0.1) is 6.42 Å². The van der Waals surface area contributed by atoms with E-state index in [1.807, 2.05) is 0 Å². The van der Waals surface area contributed by atoms with Gasteiger partial charge in [-0.15, -0.1) is 42.6 Å². The monoisotopic (exact) mass is 358 g/mol. The van der Waals surface area contributed by atoms with Crippen LogP contribution in [0.5, 0.6) is 0 Å². The summed E-state index contributed by atoms with van der Waals surface area (Å²) >= 11 is 0. The number of hydrogen-bond acceptors (Lipinski definition) is 2. The number of carboxylic acid groups (broad SMARTS) is 1. The van der Waals surface area contributed by atoms with E-state index in [2.05, 4.69) is 5.73 Å². The van der Waals surface area contributed by atoms with Gasteiger partial charge < -0.3 is 9.90 Å². The Kier molecular flexibility index (Phi) is 7.96. The van der Waals surface area contributed by atoms with Crippen LogP contribution in [-0.2, 0) is 32.5 Å². The third-order valence-electron chi connectivity index (χ3n) is 0.954. The van der Waals surface area contributed by atoms with Gasteiger partial charge >= 0.3 is 27.7 Å². The largest absolute Gasteiger partial charge is 2.00 e. The molecule has 0 fully saturated rings. The zero-order valence-electron chi connectivity index (χ0n) is 5.74. The van der Waals surface area contributed by atoms with Crippen LogP contribution >= 0.6 is 12.4 Å². The third kappa shape index (κ3) is 4.30. The molecule has 1 rings (SSSR count). The molecule has 54 valence electrons. The molecule has 0 saturated carbocycles. The van der Waals surface area contributed by atoms with E-state index < -0.39 is 5.97 Å². The Morgan fingerprint density at radius 2 is 2.27 bits per heavy atom. The van der Waals surface area contributed by atoms with E-state index in [1.165, 1.54) is 24.6 Å². The van der Waals surface area contributed by atoms with Gasteiger partial charge in [-0.05, 0) is 5.97 Å². The van der Waals surface area contributed by atoms with Crippen LogP contribution in [0.15, 0.2) is 29.5 Å². The van der Waals surface area contributed by atoms with Crippen LogP contribution in [0.25, 0.3) is 0 Å². The molecule has 2 nitrogen and oxygen atoms in total. The number of halogens is 1. The maximum absolute atomic E-state index is 10.1. The Labute approximate surface area is 91.6 Å². The minimum Gasteiger partial charge on any atom is -0.603 e. The molecule has 0 radical (unpaired) electrons. The van der Waals surface area contributed by atoms with Crippen molar-refractivity contribution in [1.82, 2.24) is 0 Å². The Bertz CT molecular complexity index is 227. The van der Waals surface area contributed by atoms with E-state index in [-0.39, 0.29) is 45.6 Å². The van der Waals surface area contributed by atoms with Gasteiger partial charge in [0.25, 0.3) is 0 Å². The zero-order valence-corrected chi connectivity index (χ0v) is 12.1. The summed E-state index contributed by atoms with van der Waals surface area (Å²) in [6.07, 6.45) is 5.95. The van der Waals surface area contributed by atoms with Crippen LogP contribution < -0.4 is 5.11 Å². The summed E-state index contributed by atoms with van der Waals surface area (Å²) in [6, 6.07) is 0. The fourth-order valence-corrected chi connectivity index (χ4v) is 0.523. The van der Waals surface area contributed by atoms with Crippen molar-refractivity contribution in [1.29, 1.82) is 0 Å². The zero-order chi connectivity index (χ0) is 6.69. The third-order valence-corrected chi connectivity index (χ3v) is 0.954. The summed E-state index contributed by atoms with van der Waals surface area (Å²) in [5, 5.41) is 10.1. The molecule has 0 N–H and O–H groups in total. The molecule has 1 aliphatic carbocycles. The molecule has 0 aliphatic heterocycles. The van der Waals surface area contributed by atoms with Crippen LogP contribution in [-0.4, -0.2) is 5.97 Å². The molecule has 0 unspecified atom stereocenters. The molecule has 0 bridgehead atoms. The van der Waals surface area contributed by atoms with Gasteiger partial charge in [-0.2, -0.15) is 0 Å². The van der Waals surface area contributed by atoms with Gasteiger partial charge in [0.2, 0.25) is 0 Å². The van der Waals surface area contributed by atoms with Crippen molar-refractivity contribution in [3.63, 3.8) is 0 Å². The SMILES string of the molecule is Cl.O=C([O-])C1=CC=C=C[CH-]1.[Hg+2]. The van der Waals surface area contributed by atoms with E-state index in [0.717, 1.165) is 0 Å². The number of hydrogen-bond donors (Lipinski definition) is 0. The number of carboxylic acids is 1. The number of carbonyl (C=O) groups is 1. The first-order valence-corrected chi connectivity index (χ1v) is 2.48. The molecule has 1 aliphatic rings. The summed E-state index contributed by atoms with van der Waals surface area (Å²) in [5.74, 6) is -1.15. The standard InChI is InChI=1S/C7H5O2.ClH.Hg/c8-7(9)6-4-2-1-3-5-6;;/h2-5H,(H,8,9);1H;/q-1;;+2/p-1. The summed E-state index contributed by atoms with van der Waals surface area (Å²) in [4.78, 5) is 10.1. The van der Waals surface area contributed by atoms with E-state index in [4.69, 9.17) is 0 Å². The van der Waals surface area contributed by atoms with Gasteiger partial charge in [0.1, 0.15) is 0 Å². The van der Waals surface area contributed by atoms with E-state index >= 15 is 0 Å². The van der Waals surface area contributed by atoms with Gasteiger partial charge in [0.15, 0.2) is 0 Å². The van der Waals surface area contributed by atoms with E-state index in [1.54, 1.807) is 0 Å². The second-order valence-corrected chi connectivity index (χ2v) is 1.58. The van der Waals surface area contributed by atoms with Crippen molar-refractivity contribution in [3.8, 4) is 0 Å². The number of rotatable bonds is 1. The average molecular weight is 357 g/mol. The quantitative estimate of drug-likeness (QED) is 0.377. The van der Waals surface area contributed by atoms with Gasteiger partial charge in [-0.25, -0.2) is 5.73 Å². The van der Waals surface area contributed by atoms with Crippen LogP contribution in [0.3, 0.4) is 0 Å². The van der Waals surface area contributed by atoms with Crippen molar-refractivity contribution in [2.45, 2.75) is 0 Å². The molecule has 0 heterocycles. The van der Waals surface area contributed by atoms with E-state index in [9.17, 15) is 9.90 Å². The summed E-state index contributed by atoms with van der Waals surface area (Å²) in [6.45, 7) is 0. The normalized spacial score (nSPS) is 11.8. The number of allylic oxidation sites excluding steroid dienone is 2. The van der Waals surface area contributed by atoms with Crippen molar-refractivity contribution in [2.75, 3.05) is 0 Å². The van der Waals surface area contributed by atoms with Gasteiger partial charge in [0, 0.05) is 0 Å². The summed E-state index contributed by atoms with van der Waals surface area (Å²) < 4.78 is 0. The van der Waals surface area contributed by atoms with Crippen molar-refractivity contribution in [2.24, 2.45) is 0 Å². The molecule has 0 aromatic heterocycles. The molecule has 0 atom stereocenters. The molecule has 4 heteroatoms. The van der Waals surface area contributed by atoms with Crippen LogP contribution in [0.4, 0.5) is 0 Å². The topological polar surface area (TPSA) is 40.1 Å². The van der Waals surface area contributed by atoms with Crippen molar-refractivity contribution < 1.29 is 37.6 Å². The fourth-order valence-electron chi connectivity index (χ4n) is 0.523. The maximum Gasteiger partial charge on any atom is 2.00 e. The van der Waals surface area contributed by atoms with Crippen molar-refractivity contribution >= 4 is 18.4 Å². The summed E-state index contributed by atoms with van der Waals surface area (Å²) in [5.41, 5.74) is 2.89. The second-order valence-electron chi connectivity index (χ2n) is 1.58. The molecule has 0 aromatic carbocycles. The Morgan fingerprint density at radius 1 is 1.64 bits per heavy atom. The maximum atomic E-state index is 10.1. The summed E-state index contributed by atoms with van der Waals surface area (Å²) in [7, 11) is 0. The number of carbonyl (C=O) groups excluding carboxylic acids is 1. The first kappa shape index (κ1) is 13.4. The Balaban J connectivity index is 0. The van der Waals surface area contributed by atoms with Crippen LogP contribution in [0.1, 0.15) is 0 Å². The molecule has 0 amide bonds. The van der Waals surface area contributed by atoms with Gasteiger partial charge in [0.05, 0.1) is 0 Å². The van der Waals surface area contributed by atoms with Gasteiger partial charge in [-0.1, -0.05) is 0 Å². The van der Waals surface area contributed by atoms with Crippen molar-refractivity contribution in [3.05, 3.63) is 36.0 Å².